The zero-order valence-corrected chi connectivity index (χ0v) is 9.19. The van der Waals surface area contributed by atoms with Crippen LogP contribution in [0.1, 0.15) is 0 Å². The Morgan fingerprint density at radius 3 is 2.73 bits per heavy atom. The summed E-state index contributed by atoms with van der Waals surface area (Å²) in [5.74, 6) is 0.586. The minimum atomic E-state index is -1.55. The molecule has 1 atom stereocenters. The van der Waals surface area contributed by atoms with Gasteiger partial charge in [0.2, 0.25) is 0 Å². The van der Waals surface area contributed by atoms with Crippen molar-refractivity contribution in [1.29, 1.82) is 0 Å². The van der Waals surface area contributed by atoms with Crippen molar-refractivity contribution in [3.05, 3.63) is 24.3 Å². The van der Waals surface area contributed by atoms with Gasteiger partial charge in [0.05, 0.1) is 13.2 Å². The van der Waals surface area contributed by atoms with Gasteiger partial charge in [-0.2, -0.15) is 0 Å². The molecule has 0 fully saturated rings. The Bertz CT molecular complexity index is 327. The van der Waals surface area contributed by atoms with Gasteiger partial charge >= 0.3 is 7.80 Å². The van der Waals surface area contributed by atoms with Crippen LogP contribution in [0.4, 0.5) is 0 Å². The maximum atomic E-state index is 11.6. The molecule has 0 amide bonds. The van der Waals surface area contributed by atoms with Crippen LogP contribution in [0.5, 0.6) is 5.75 Å². The van der Waals surface area contributed by atoms with Crippen molar-refractivity contribution < 1.29 is 19.5 Å². The van der Waals surface area contributed by atoms with Gasteiger partial charge in [-0.15, -0.1) is 0 Å². The average molecular weight is 229 g/mol. The van der Waals surface area contributed by atoms with Gasteiger partial charge in [-0.1, -0.05) is 10.6 Å². The van der Waals surface area contributed by atoms with Crippen LogP contribution in [-0.2, 0) is 4.57 Å². The highest BCUT2D eigenvalue weighted by Crippen LogP contribution is 2.21. The number of hydrogen-bond acceptors (Lipinski definition) is 4. The molecule has 0 aromatic heterocycles. The number of aliphatic hydroxyl groups excluding tert-OH is 2. The summed E-state index contributed by atoms with van der Waals surface area (Å²) in [6, 6.07) is 6.89. The molecule has 0 heterocycles. The SMILES string of the molecule is O=[P+](CCO)c1cccc(OCCO)c1. The van der Waals surface area contributed by atoms with Gasteiger partial charge in [0.15, 0.2) is 11.5 Å². The van der Waals surface area contributed by atoms with E-state index in [1.54, 1.807) is 24.3 Å². The molecule has 1 rings (SSSR count). The Morgan fingerprint density at radius 1 is 1.27 bits per heavy atom. The second-order valence-electron chi connectivity index (χ2n) is 2.90. The Hall–Kier alpha value is -0.960. The first-order valence-electron chi connectivity index (χ1n) is 4.67. The quantitative estimate of drug-likeness (QED) is 0.697. The van der Waals surface area contributed by atoms with Crippen LogP contribution in [0.3, 0.4) is 0 Å². The first-order valence-corrected chi connectivity index (χ1v) is 6.11. The smallest absolute Gasteiger partial charge is 0.379 e. The molecule has 5 heteroatoms. The van der Waals surface area contributed by atoms with Crippen LogP contribution in [0.25, 0.3) is 0 Å². The van der Waals surface area contributed by atoms with Crippen LogP contribution < -0.4 is 10.0 Å². The molecule has 1 aromatic rings. The molecule has 0 radical (unpaired) electrons. The summed E-state index contributed by atoms with van der Waals surface area (Å²) in [4.78, 5) is 0. The summed E-state index contributed by atoms with van der Waals surface area (Å²) < 4.78 is 16.7. The zero-order valence-electron chi connectivity index (χ0n) is 8.30. The Balaban J connectivity index is 2.69. The molecule has 2 N–H and O–H groups in total. The summed E-state index contributed by atoms with van der Waals surface area (Å²) in [7, 11) is -1.55. The number of ether oxygens (including phenoxy) is 1. The molecule has 4 nitrogen and oxygen atoms in total. The van der Waals surface area contributed by atoms with Crippen LogP contribution in [0.15, 0.2) is 24.3 Å². The summed E-state index contributed by atoms with van der Waals surface area (Å²) >= 11 is 0. The molecule has 1 unspecified atom stereocenters. The third-order valence-electron chi connectivity index (χ3n) is 1.77. The van der Waals surface area contributed by atoms with Gasteiger partial charge < -0.3 is 14.9 Å². The van der Waals surface area contributed by atoms with Crippen LogP contribution in [0, 0.1) is 0 Å². The van der Waals surface area contributed by atoms with Crippen molar-refractivity contribution in [1.82, 2.24) is 0 Å². The lowest BCUT2D eigenvalue weighted by Gasteiger charge is -2.02. The minimum Gasteiger partial charge on any atom is -0.491 e. The Labute approximate surface area is 89.3 Å². The second-order valence-corrected chi connectivity index (χ2v) is 4.62. The first kappa shape index (κ1) is 12.1. The van der Waals surface area contributed by atoms with E-state index < -0.39 is 7.80 Å². The minimum absolute atomic E-state index is 0.0486. The molecule has 0 spiro atoms. The van der Waals surface area contributed by atoms with Gasteiger partial charge in [-0.05, 0) is 12.1 Å². The third kappa shape index (κ3) is 3.96. The van der Waals surface area contributed by atoms with E-state index in [4.69, 9.17) is 14.9 Å². The van der Waals surface area contributed by atoms with Crippen LogP contribution in [0.2, 0.25) is 0 Å². The van der Waals surface area contributed by atoms with E-state index in [9.17, 15) is 4.57 Å². The lowest BCUT2D eigenvalue weighted by Crippen LogP contribution is -2.05. The lowest BCUT2D eigenvalue weighted by atomic mass is 10.3. The molecule has 0 aliphatic carbocycles. The monoisotopic (exact) mass is 229 g/mol. The summed E-state index contributed by atoms with van der Waals surface area (Å²) in [5, 5.41) is 17.9. The summed E-state index contributed by atoms with van der Waals surface area (Å²) in [6.45, 7) is 0.0875. The average Bonchev–Trinajstić information content (AvgIpc) is 2.27. The standard InChI is InChI=1S/C10H14O4P/c11-4-6-14-9-2-1-3-10(8-9)15(13)7-5-12/h1-3,8,11-12H,4-7H2/q+1. The Kier molecular flexibility index (Phi) is 5.26. The van der Waals surface area contributed by atoms with E-state index in [0.717, 1.165) is 0 Å². The lowest BCUT2D eigenvalue weighted by molar-refractivity contribution is 0.201. The fourth-order valence-electron chi connectivity index (χ4n) is 1.11. The third-order valence-corrected chi connectivity index (χ3v) is 3.23. The fraction of sp³-hybridized carbons (Fsp3) is 0.400. The first-order chi connectivity index (χ1) is 7.27. The predicted molar refractivity (Wildman–Crippen MR) is 58.2 cm³/mol. The normalized spacial score (nSPS) is 11.2. The predicted octanol–water partition coefficient (Wildman–Crippen LogP) is 0.503. The van der Waals surface area contributed by atoms with Gasteiger partial charge in [0.1, 0.15) is 12.4 Å². The van der Waals surface area contributed by atoms with E-state index in [2.05, 4.69) is 0 Å². The van der Waals surface area contributed by atoms with Crippen molar-refractivity contribution in [2.75, 3.05) is 26.0 Å². The van der Waals surface area contributed by atoms with Gasteiger partial charge in [-0.25, -0.2) is 0 Å². The molecule has 0 aliphatic rings. The van der Waals surface area contributed by atoms with E-state index in [0.29, 0.717) is 11.1 Å². The van der Waals surface area contributed by atoms with Crippen LogP contribution >= 0.6 is 7.80 Å². The molecule has 0 saturated carbocycles. The van der Waals surface area contributed by atoms with E-state index >= 15 is 0 Å². The second kappa shape index (κ2) is 6.51. The maximum Gasteiger partial charge on any atom is 0.379 e. The zero-order chi connectivity index (χ0) is 11.1. The molecule has 15 heavy (non-hydrogen) atoms. The van der Waals surface area contributed by atoms with E-state index in [-0.39, 0.29) is 26.0 Å². The molecule has 0 saturated heterocycles. The molecular formula is C10H14O4P+. The highest BCUT2D eigenvalue weighted by Gasteiger charge is 2.18. The van der Waals surface area contributed by atoms with Crippen molar-refractivity contribution in [3.8, 4) is 5.75 Å². The number of benzene rings is 1. The number of aliphatic hydroxyl groups is 2. The molecule has 82 valence electrons. The van der Waals surface area contributed by atoms with Crippen molar-refractivity contribution in [3.63, 3.8) is 0 Å². The van der Waals surface area contributed by atoms with Crippen LogP contribution in [-0.4, -0.2) is 36.2 Å². The van der Waals surface area contributed by atoms with E-state index in [1.165, 1.54) is 0 Å². The van der Waals surface area contributed by atoms with Crippen molar-refractivity contribution >= 4 is 13.1 Å². The number of rotatable bonds is 6. The highest BCUT2D eigenvalue weighted by molar-refractivity contribution is 7.53. The number of hydrogen-bond donors (Lipinski definition) is 2. The highest BCUT2D eigenvalue weighted by atomic mass is 31.1. The van der Waals surface area contributed by atoms with Crippen molar-refractivity contribution in [2.45, 2.75) is 0 Å². The Morgan fingerprint density at radius 2 is 2.07 bits per heavy atom. The van der Waals surface area contributed by atoms with E-state index in [1.807, 2.05) is 0 Å². The van der Waals surface area contributed by atoms with Gasteiger partial charge in [0, 0.05) is 6.07 Å². The summed E-state index contributed by atoms with van der Waals surface area (Å²) in [5.41, 5.74) is 0. The molecular weight excluding hydrogens is 215 g/mol. The molecule has 0 aliphatic heterocycles. The van der Waals surface area contributed by atoms with Crippen molar-refractivity contribution in [2.24, 2.45) is 0 Å². The van der Waals surface area contributed by atoms with Gasteiger partial charge in [-0.3, -0.25) is 0 Å². The molecule has 0 bridgehead atoms. The summed E-state index contributed by atoms with van der Waals surface area (Å²) in [6.07, 6.45) is 0.263. The largest absolute Gasteiger partial charge is 0.491 e. The maximum absolute atomic E-state index is 11.6. The van der Waals surface area contributed by atoms with Gasteiger partial charge in [0.25, 0.3) is 0 Å². The fourth-order valence-corrected chi connectivity index (χ4v) is 2.08. The topological polar surface area (TPSA) is 66.8 Å². The molecule has 1 aromatic carbocycles.